The Hall–Kier alpha value is -0.520. The molecule has 0 spiro atoms. The van der Waals surface area contributed by atoms with Gasteiger partial charge in [0, 0.05) is 11.5 Å². The molecule has 3 nitrogen and oxygen atoms in total. The number of rotatable bonds is 7. The van der Waals surface area contributed by atoms with Crippen LogP contribution in [0.3, 0.4) is 0 Å². The molecule has 0 saturated heterocycles. The minimum atomic E-state index is 0.0591. The number of carbonyl (C=O) groups is 1. The molecule has 1 aromatic rings. The highest BCUT2D eigenvalue weighted by Gasteiger charge is 2.09. The molecule has 16 heavy (non-hydrogen) atoms. The molecule has 0 aliphatic carbocycles. The third-order valence-electron chi connectivity index (χ3n) is 2.03. The van der Waals surface area contributed by atoms with Gasteiger partial charge < -0.3 is 10.4 Å². The Morgan fingerprint density at radius 1 is 1.69 bits per heavy atom. The Balaban J connectivity index is 2.19. The summed E-state index contributed by atoms with van der Waals surface area (Å²) in [5.41, 5.74) is 0. The van der Waals surface area contributed by atoms with Gasteiger partial charge in [-0.1, -0.05) is 6.07 Å². The van der Waals surface area contributed by atoms with Crippen LogP contribution in [0.2, 0.25) is 0 Å². The van der Waals surface area contributed by atoms with Crippen LogP contribution >= 0.6 is 23.1 Å². The maximum absolute atomic E-state index is 11.5. The number of carbonyl (C=O) groups excluding carboxylic acids is 1. The molecule has 0 aromatic carbocycles. The van der Waals surface area contributed by atoms with Crippen LogP contribution in [0.25, 0.3) is 0 Å². The van der Waals surface area contributed by atoms with Crippen molar-refractivity contribution >= 4 is 29.0 Å². The second-order valence-electron chi connectivity index (χ2n) is 3.43. The number of hydrogen-bond acceptors (Lipinski definition) is 4. The van der Waals surface area contributed by atoms with Crippen LogP contribution in [-0.2, 0) is 4.79 Å². The number of thioether (sulfide) groups is 1. The number of aliphatic hydroxyl groups excluding tert-OH is 1. The third-order valence-corrected chi connectivity index (χ3v) is 4.13. The molecule has 0 saturated carbocycles. The number of thiophene rings is 1. The first-order valence-electron chi connectivity index (χ1n) is 5.25. The SMILES string of the molecule is CC(NC(=O)CSCCCO)c1cccs1. The summed E-state index contributed by atoms with van der Waals surface area (Å²) in [7, 11) is 0. The van der Waals surface area contributed by atoms with E-state index in [1.165, 1.54) is 4.88 Å². The average Bonchev–Trinajstić information content (AvgIpc) is 2.77. The van der Waals surface area contributed by atoms with Gasteiger partial charge in [-0.25, -0.2) is 0 Å². The van der Waals surface area contributed by atoms with E-state index in [-0.39, 0.29) is 18.6 Å². The zero-order valence-electron chi connectivity index (χ0n) is 9.31. The molecule has 90 valence electrons. The van der Waals surface area contributed by atoms with Crippen LogP contribution < -0.4 is 5.32 Å². The minimum absolute atomic E-state index is 0.0591. The summed E-state index contributed by atoms with van der Waals surface area (Å²) in [6, 6.07) is 4.10. The molecule has 1 atom stereocenters. The molecule has 1 heterocycles. The number of nitrogens with one attached hydrogen (secondary N) is 1. The van der Waals surface area contributed by atoms with Gasteiger partial charge in [0.05, 0.1) is 11.8 Å². The van der Waals surface area contributed by atoms with E-state index < -0.39 is 0 Å². The van der Waals surface area contributed by atoms with Crippen LogP contribution in [0.5, 0.6) is 0 Å². The standard InChI is InChI=1S/C11H17NO2S2/c1-9(10-4-2-7-16-10)12-11(14)8-15-6-3-5-13/h2,4,7,9,13H,3,5-6,8H2,1H3,(H,12,14). The first-order chi connectivity index (χ1) is 7.74. The van der Waals surface area contributed by atoms with Gasteiger partial charge in [0.2, 0.25) is 5.91 Å². The summed E-state index contributed by atoms with van der Waals surface area (Å²) in [6.07, 6.45) is 0.748. The molecule has 0 fully saturated rings. The second kappa shape index (κ2) is 7.70. The number of amides is 1. The minimum Gasteiger partial charge on any atom is -0.396 e. The predicted molar refractivity (Wildman–Crippen MR) is 69.9 cm³/mol. The van der Waals surface area contributed by atoms with Crippen molar-refractivity contribution in [3.05, 3.63) is 22.4 Å². The molecule has 0 aliphatic rings. The number of hydrogen-bond donors (Lipinski definition) is 2. The molecule has 1 amide bonds. The zero-order chi connectivity index (χ0) is 11.8. The molecule has 1 aromatic heterocycles. The molecule has 5 heteroatoms. The highest BCUT2D eigenvalue weighted by Crippen LogP contribution is 2.18. The van der Waals surface area contributed by atoms with E-state index in [1.54, 1.807) is 23.1 Å². The van der Waals surface area contributed by atoms with Crippen molar-refractivity contribution in [1.29, 1.82) is 0 Å². The van der Waals surface area contributed by atoms with Gasteiger partial charge in [0.15, 0.2) is 0 Å². The van der Waals surface area contributed by atoms with Crippen molar-refractivity contribution in [2.45, 2.75) is 19.4 Å². The first kappa shape index (κ1) is 13.5. The van der Waals surface area contributed by atoms with Gasteiger partial charge in [-0.2, -0.15) is 11.8 Å². The van der Waals surface area contributed by atoms with E-state index in [9.17, 15) is 4.79 Å². The lowest BCUT2D eigenvalue weighted by Gasteiger charge is -2.11. The quantitative estimate of drug-likeness (QED) is 0.737. The zero-order valence-corrected chi connectivity index (χ0v) is 10.9. The molecular formula is C11H17NO2S2. The monoisotopic (exact) mass is 259 g/mol. The fourth-order valence-electron chi connectivity index (χ4n) is 1.22. The average molecular weight is 259 g/mol. The summed E-state index contributed by atoms with van der Waals surface area (Å²) in [6.45, 7) is 2.18. The van der Waals surface area contributed by atoms with Gasteiger partial charge >= 0.3 is 0 Å². The summed E-state index contributed by atoms with van der Waals surface area (Å²) < 4.78 is 0. The summed E-state index contributed by atoms with van der Waals surface area (Å²) in [5.74, 6) is 1.36. The van der Waals surface area contributed by atoms with Crippen molar-refractivity contribution in [3.8, 4) is 0 Å². The molecule has 0 radical (unpaired) electrons. The van der Waals surface area contributed by atoms with Crippen LogP contribution in [0.15, 0.2) is 17.5 Å². The van der Waals surface area contributed by atoms with Crippen LogP contribution in [0.4, 0.5) is 0 Å². The normalized spacial score (nSPS) is 12.4. The molecule has 2 N–H and O–H groups in total. The maximum Gasteiger partial charge on any atom is 0.230 e. The predicted octanol–water partition coefficient (Wildman–Crippen LogP) is 2.04. The van der Waals surface area contributed by atoms with Gasteiger partial charge in [-0.05, 0) is 30.5 Å². The van der Waals surface area contributed by atoms with E-state index in [4.69, 9.17) is 5.11 Å². The summed E-state index contributed by atoms with van der Waals surface area (Å²) in [4.78, 5) is 12.7. The van der Waals surface area contributed by atoms with Gasteiger partial charge in [0.25, 0.3) is 0 Å². The maximum atomic E-state index is 11.5. The van der Waals surface area contributed by atoms with Crippen molar-refractivity contribution < 1.29 is 9.90 Å². The van der Waals surface area contributed by atoms with Crippen molar-refractivity contribution in [2.24, 2.45) is 0 Å². The van der Waals surface area contributed by atoms with Crippen molar-refractivity contribution in [1.82, 2.24) is 5.32 Å². The molecule has 0 aliphatic heterocycles. The van der Waals surface area contributed by atoms with Gasteiger partial charge in [-0.15, -0.1) is 11.3 Å². The van der Waals surface area contributed by atoms with Gasteiger partial charge in [0.1, 0.15) is 0 Å². The first-order valence-corrected chi connectivity index (χ1v) is 7.29. The second-order valence-corrected chi connectivity index (χ2v) is 5.52. The third kappa shape index (κ3) is 5.01. The van der Waals surface area contributed by atoms with E-state index >= 15 is 0 Å². The van der Waals surface area contributed by atoms with E-state index in [2.05, 4.69) is 5.32 Å². The van der Waals surface area contributed by atoms with Crippen molar-refractivity contribution in [3.63, 3.8) is 0 Å². The fourth-order valence-corrected chi connectivity index (χ4v) is 2.70. The lowest BCUT2D eigenvalue weighted by atomic mass is 10.3. The smallest absolute Gasteiger partial charge is 0.230 e. The van der Waals surface area contributed by atoms with E-state index in [0.717, 1.165) is 12.2 Å². The Morgan fingerprint density at radius 3 is 3.12 bits per heavy atom. The Kier molecular flexibility index (Phi) is 6.52. The van der Waals surface area contributed by atoms with Crippen LogP contribution in [0, 0.1) is 0 Å². The molecule has 0 bridgehead atoms. The summed E-state index contributed by atoms with van der Waals surface area (Å²) >= 11 is 3.21. The lowest BCUT2D eigenvalue weighted by Crippen LogP contribution is -2.27. The lowest BCUT2D eigenvalue weighted by molar-refractivity contribution is -0.119. The Bertz CT molecular complexity index is 301. The van der Waals surface area contributed by atoms with Crippen LogP contribution in [0.1, 0.15) is 24.3 Å². The van der Waals surface area contributed by atoms with E-state index in [1.807, 2.05) is 24.4 Å². The molecule has 1 unspecified atom stereocenters. The summed E-state index contributed by atoms with van der Waals surface area (Å²) in [5, 5.41) is 13.5. The van der Waals surface area contributed by atoms with Crippen LogP contribution in [-0.4, -0.2) is 29.1 Å². The fraction of sp³-hybridized carbons (Fsp3) is 0.545. The molecule has 1 rings (SSSR count). The largest absolute Gasteiger partial charge is 0.396 e. The highest BCUT2D eigenvalue weighted by molar-refractivity contribution is 7.99. The topological polar surface area (TPSA) is 49.3 Å². The van der Waals surface area contributed by atoms with Gasteiger partial charge in [-0.3, -0.25) is 4.79 Å². The molecular weight excluding hydrogens is 242 g/mol. The number of aliphatic hydroxyl groups is 1. The Labute approximate surface area is 104 Å². The van der Waals surface area contributed by atoms with Crippen molar-refractivity contribution in [2.75, 3.05) is 18.1 Å². The Morgan fingerprint density at radius 2 is 2.50 bits per heavy atom. The van der Waals surface area contributed by atoms with E-state index in [0.29, 0.717) is 5.75 Å². The highest BCUT2D eigenvalue weighted by atomic mass is 32.2.